The molecule has 1 aliphatic rings. The van der Waals surface area contributed by atoms with Gasteiger partial charge in [0, 0.05) is 55.5 Å². The van der Waals surface area contributed by atoms with Gasteiger partial charge >= 0.3 is 0 Å². The van der Waals surface area contributed by atoms with Crippen LogP contribution in [0.15, 0.2) is 61.3 Å². The Hall–Kier alpha value is -5.72. The lowest BCUT2D eigenvalue weighted by Crippen LogP contribution is -2.52. The summed E-state index contributed by atoms with van der Waals surface area (Å²) in [5, 5.41) is 17.9. The van der Waals surface area contributed by atoms with Gasteiger partial charge in [-0.15, -0.1) is 0 Å². The van der Waals surface area contributed by atoms with E-state index in [4.69, 9.17) is 14.2 Å². The fourth-order valence-corrected chi connectivity index (χ4v) is 6.01. The highest BCUT2D eigenvalue weighted by atomic mass is 19.3. The number of ether oxygens (including phenoxy) is 3. The Bertz CT molecular complexity index is 2180. The van der Waals surface area contributed by atoms with Crippen molar-refractivity contribution in [3.05, 3.63) is 78.0 Å². The maximum absolute atomic E-state index is 15.6. The minimum absolute atomic E-state index is 0.0169. The molecule has 0 bridgehead atoms. The van der Waals surface area contributed by atoms with Crippen LogP contribution in [0, 0.1) is 18.3 Å². The lowest BCUT2D eigenvalue weighted by molar-refractivity contribution is -0.135. The van der Waals surface area contributed by atoms with Crippen LogP contribution in [0.3, 0.4) is 0 Å². The molecule has 3 aromatic heterocycles. The van der Waals surface area contributed by atoms with Crippen molar-refractivity contribution in [3.8, 4) is 29.2 Å². The molecule has 1 saturated heterocycles. The monoisotopic (exact) mass is 711 g/mol. The predicted octanol–water partition coefficient (Wildman–Crippen LogP) is 5.73. The number of carbonyl (C=O) groups is 1. The molecule has 0 radical (unpaired) electrons. The van der Waals surface area contributed by atoms with Gasteiger partial charge in [0.25, 0.3) is 5.92 Å². The number of benzene rings is 2. The molecule has 0 unspecified atom stereocenters. The van der Waals surface area contributed by atoms with Gasteiger partial charge in [-0.2, -0.15) is 10.4 Å². The Kier molecular flexibility index (Phi) is 10.6. The number of nitrogens with zero attached hydrogens (tertiary/aromatic N) is 8. The summed E-state index contributed by atoms with van der Waals surface area (Å²) >= 11 is 0. The highest BCUT2D eigenvalue weighted by Crippen LogP contribution is 2.45. The highest BCUT2D eigenvalue weighted by Gasteiger charge is 2.46. The molecule has 52 heavy (non-hydrogen) atoms. The third-order valence-corrected chi connectivity index (χ3v) is 8.51. The number of fused-ring (bicyclic) bond motifs is 2. The Morgan fingerprint density at radius 2 is 2.02 bits per heavy atom. The van der Waals surface area contributed by atoms with E-state index >= 15 is 8.78 Å². The summed E-state index contributed by atoms with van der Waals surface area (Å²) in [6.45, 7) is 4.30. The first-order chi connectivity index (χ1) is 24.9. The number of aromatic nitrogens is 5. The van der Waals surface area contributed by atoms with E-state index in [0.29, 0.717) is 47.1 Å². The predicted molar refractivity (Wildman–Crippen MR) is 191 cm³/mol. The van der Waals surface area contributed by atoms with Crippen molar-refractivity contribution in [1.29, 1.82) is 5.26 Å². The van der Waals surface area contributed by atoms with Crippen molar-refractivity contribution in [2.75, 3.05) is 52.7 Å². The summed E-state index contributed by atoms with van der Waals surface area (Å²) in [6.07, 6.45) is 5.85. The number of alkyl halides is 2. The van der Waals surface area contributed by atoms with E-state index in [0.717, 1.165) is 5.56 Å². The van der Waals surface area contributed by atoms with E-state index in [1.165, 1.54) is 29.4 Å². The number of nitrogens with one attached hydrogen (secondary N) is 1. The number of hydrogen-bond acceptors (Lipinski definition) is 12. The van der Waals surface area contributed by atoms with Crippen LogP contribution in [-0.2, 0) is 11.2 Å². The minimum Gasteiger partial charge on any atom is -0.493 e. The van der Waals surface area contributed by atoms with Gasteiger partial charge in [-0.3, -0.25) is 9.78 Å². The van der Waals surface area contributed by atoms with E-state index < -0.39 is 18.6 Å². The first-order valence-electron chi connectivity index (χ1n) is 16.7. The standard InChI is InChI=1S/C37H39F2N9O4/c1-6-50-30-16-28-34(36(27(30)15-26(49)8-7-12-46(3)4)52-31-11-13-47(5)20-37(31,38)39)35(24(18-40)19-41-28)45-25-9-10-29(23(2)14-25)51-33-17-32-42-21-44-48(32)22-43-33/h7-10,14,16-17,19,21-22,31H,6,11-13,15,20H2,1-5H3,(H,41,45)/b8-7+/t31-/m1/s1. The van der Waals surface area contributed by atoms with Gasteiger partial charge in [-0.25, -0.2) is 23.3 Å². The summed E-state index contributed by atoms with van der Waals surface area (Å²) in [5.74, 6) is -2.32. The average Bonchev–Trinajstić information content (AvgIpc) is 3.56. The molecule has 2 aromatic carbocycles. The van der Waals surface area contributed by atoms with Gasteiger partial charge < -0.3 is 29.3 Å². The van der Waals surface area contributed by atoms with E-state index in [9.17, 15) is 10.1 Å². The number of allylic oxidation sites excluding steroid dienone is 1. The fourth-order valence-electron chi connectivity index (χ4n) is 6.01. The van der Waals surface area contributed by atoms with E-state index in [1.54, 1.807) is 49.2 Å². The number of aryl methyl sites for hydroxylation is 1. The van der Waals surface area contributed by atoms with Crippen LogP contribution in [0.1, 0.15) is 30.0 Å². The van der Waals surface area contributed by atoms with Crippen LogP contribution < -0.4 is 19.5 Å². The Morgan fingerprint density at radius 3 is 2.75 bits per heavy atom. The van der Waals surface area contributed by atoms with Crippen molar-refractivity contribution in [1.82, 2.24) is 34.4 Å². The normalized spacial score (nSPS) is 16.0. The second kappa shape index (κ2) is 15.3. The molecule has 1 aliphatic heterocycles. The maximum atomic E-state index is 15.6. The van der Waals surface area contributed by atoms with Crippen LogP contribution in [0.4, 0.5) is 20.2 Å². The summed E-state index contributed by atoms with van der Waals surface area (Å²) in [7, 11) is 5.40. The fraction of sp³-hybridized carbons (Fsp3) is 0.351. The van der Waals surface area contributed by atoms with E-state index in [2.05, 4.69) is 31.4 Å². The summed E-state index contributed by atoms with van der Waals surface area (Å²) in [4.78, 5) is 29.8. The first kappa shape index (κ1) is 36.1. The van der Waals surface area contributed by atoms with Crippen molar-refractivity contribution in [3.63, 3.8) is 0 Å². The van der Waals surface area contributed by atoms with Crippen molar-refractivity contribution < 1.29 is 27.8 Å². The lowest BCUT2D eigenvalue weighted by atomic mass is 9.98. The topological polar surface area (TPSA) is 143 Å². The minimum atomic E-state index is -3.21. The van der Waals surface area contributed by atoms with Crippen molar-refractivity contribution in [2.45, 2.75) is 38.7 Å². The number of halogens is 2. The number of likely N-dealkylation sites (tertiary alicyclic amines) is 1. The number of hydrogen-bond donors (Lipinski definition) is 1. The second-order valence-corrected chi connectivity index (χ2v) is 12.9. The quantitative estimate of drug-likeness (QED) is 0.149. The Morgan fingerprint density at radius 1 is 1.19 bits per heavy atom. The van der Waals surface area contributed by atoms with Crippen LogP contribution >= 0.6 is 0 Å². The average molecular weight is 712 g/mol. The van der Waals surface area contributed by atoms with Gasteiger partial charge in [-0.05, 0) is 64.8 Å². The lowest BCUT2D eigenvalue weighted by Gasteiger charge is -2.37. The number of piperidine rings is 1. The molecule has 5 aromatic rings. The van der Waals surface area contributed by atoms with Crippen molar-refractivity contribution in [2.24, 2.45) is 0 Å². The molecule has 4 heterocycles. The zero-order chi connectivity index (χ0) is 37.0. The van der Waals surface area contributed by atoms with Gasteiger partial charge in [-0.1, -0.05) is 6.08 Å². The third kappa shape index (κ3) is 7.93. The molecule has 15 heteroatoms. The SMILES string of the molecule is CCOc1cc2ncc(C#N)c(Nc3ccc(Oc4cc5ncnn5cn4)c(C)c3)c2c(O[C@@H]2CCN(C)CC2(F)F)c1CC(=O)/C=C/CN(C)C. The molecular formula is C37H39F2N9O4. The summed E-state index contributed by atoms with van der Waals surface area (Å²) in [5.41, 5.74) is 2.94. The van der Waals surface area contributed by atoms with Crippen LogP contribution in [0.25, 0.3) is 16.6 Å². The Labute approximate surface area is 299 Å². The number of carbonyl (C=O) groups excluding carboxylic acids is 1. The zero-order valence-electron chi connectivity index (χ0n) is 29.6. The molecule has 0 saturated carbocycles. The third-order valence-electron chi connectivity index (χ3n) is 8.51. The van der Waals surface area contributed by atoms with Gasteiger partial charge in [0.05, 0.1) is 35.3 Å². The van der Waals surface area contributed by atoms with Gasteiger partial charge in [0.2, 0.25) is 5.88 Å². The molecule has 0 spiro atoms. The number of anilines is 2. The molecule has 1 atom stereocenters. The van der Waals surface area contributed by atoms with Crippen LogP contribution in [0.5, 0.6) is 23.1 Å². The van der Waals surface area contributed by atoms with Crippen molar-refractivity contribution >= 4 is 33.7 Å². The number of likely N-dealkylation sites (N-methyl/N-ethyl adjacent to an activating group) is 1. The van der Waals surface area contributed by atoms with Gasteiger partial charge in [0.1, 0.15) is 36.0 Å². The zero-order valence-corrected chi connectivity index (χ0v) is 29.6. The first-order valence-corrected chi connectivity index (χ1v) is 16.7. The van der Waals surface area contributed by atoms with E-state index in [1.807, 2.05) is 32.0 Å². The number of ketones is 1. The summed E-state index contributed by atoms with van der Waals surface area (Å²) in [6, 6.07) is 10.8. The molecule has 0 aliphatic carbocycles. The van der Waals surface area contributed by atoms with E-state index in [-0.39, 0.29) is 53.4 Å². The molecule has 1 N–H and O–H groups in total. The number of rotatable bonds is 13. The van der Waals surface area contributed by atoms with Crippen LogP contribution in [0.2, 0.25) is 0 Å². The largest absolute Gasteiger partial charge is 0.493 e. The molecule has 0 amide bonds. The molecule has 270 valence electrons. The summed E-state index contributed by atoms with van der Waals surface area (Å²) < 4.78 is 51.1. The molecular weight excluding hydrogens is 672 g/mol. The highest BCUT2D eigenvalue weighted by molar-refractivity contribution is 6.03. The van der Waals surface area contributed by atoms with Gasteiger partial charge in [0.15, 0.2) is 17.5 Å². The van der Waals surface area contributed by atoms with Crippen LogP contribution in [-0.4, -0.2) is 99.6 Å². The molecule has 6 rings (SSSR count). The smallest absolute Gasteiger partial charge is 0.296 e. The second-order valence-electron chi connectivity index (χ2n) is 12.9. The number of pyridine rings is 1. The number of nitriles is 1. The maximum Gasteiger partial charge on any atom is 0.296 e. The Balaban J connectivity index is 1.45. The molecule has 1 fully saturated rings. The molecule has 13 nitrogen and oxygen atoms in total.